The zero-order valence-electron chi connectivity index (χ0n) is 17.2. The van der Waals surface area contributed by atoms with Crippen LogP contribution in [0.2, 0.25) is 0 Å². The average molecular weight is 435 g/mol. The molecule has 1 heterocycles. The van der Waals surface area contributed by atoms with Crippen LogP contribution in [-0.2, 0) is 24.4 Å². The predicted molar refractivity (Wildman–Crippen MR) is 109 cm³/mol. The van der Waals surface area contributed by atoms with Crippen molar-refractivity contribution in [1.82, 2.24) is 20.7 Å². The van der Waals surface area contributed by atoms with Crippen molar-refractivity contribution in [3.63, 3.8) is 0 Å². The summed E-state index contributed by atoms with van der Waals surface area (Å²) in [6.07, 6.45) is 3.72. The summed E-state index contributed by atoms with van der Waals surface area (Å²) in [5.41, 5.74) is 0. The van der Waals surface area contributed by atoms with Gasteiger partial charge in [0.1, 0.15) is 6.04 Å². The molecule has 2 atom stereocenters. The van der Waals surface area contributed by atoms with Gasteiger partial charge in [-0.2, -0.15) is 4.72 Å². The molecular weight excluding hydrogens is 400 g/mol. The Balaban J connectivity index is 2.28. The summed E-state index contributed by atoms with van der Waals surface area (Å²) in [4.78, 5) is 35.0. The Morgan fingerprint density at radius 1 is 1.10 bits per heavy atom. The van der Waals surface area contributed by atoms with E-state index in [-0.39, 0.29) is 25.4 Å². The van der Waals surface area contributed by atoms with E-state index in [0.29, 0.717) is 18.8 Å². The highest BCUT2D eigenvalue weighted by molar-refractivity contribution is 7.90. The van der Waals surface area contributed by atoms with E-state index in [1.54, 1.807) is 6.92 Å². The minimum Gasteiger partial charge on any atom is -0.480 e. The van der Waals surface area contributed by atoms with Crippen molar-refractivity contribution in [2.45, 2.75) is 63.7 Å². The van der Waals surface area contributed by atoms with Gasteiger partial charge in [-0.25, -0.2) is 8.42 Å². The van der Waals surface area contributed by atoms with Crippen LogP contribution in [0.3, 0.4) is 0 Å². The maximum atomic E-state index is 12.0. The van der Waals surface area contributed by atoms with Gasteiger partial charge in [0.2, 0.25) is 21.8 Å². The largest absolute Gasteiger partial charge is 0.480 e. The highest BCUT2D eigenvalue weighted by Crippen LogP contribution is 2.17. The van der Waals surface area contributed by atoms with Crippen LogP contribution in [0.5, 0.6) is 0 Å². The molecule has 5 N–H and O–H groups in total. The summed E-state index contributed by atoms with van der Waals surface area (Å²) < 4.78 is 26.1. The standard InChI is InChI=1S/C18H34N4O6S/c1-3-13(2)29(27,28)22-15(18(25)26)12-21-17(24)8-11-20-16(23)5-4-14-6-9-19-10-7-14/h13-15,19,22H,3-12H2,1-2H3,(H,20,23)(H,21,24)(H,25,26)/t13?,15-/m0/s1. The van der Waals surface area contributed by atoms with Gasteiger partial charge in [-0.15, -0.1) is 0 Å². The first-order valence-electron chi connectivity index (χ1n) is 10.1. The first-order chi connectivity index (χ1) is 13.7. The quantitative estimate of drug-likeness (QED) is 0.263. The van der Waals surface area contributed by atoms with Gasteiger partial charge in [0.15, 0.2) is 0 Å². The molecule has 168 valence electrons. The van der Waals surface area contributed by atoms with E-state index in [2.05, 4.69) is 20.7 Å². The topological polar surface area (TPSA) is 154 Å². The van der Waals surface area contributed by atoms with Crippen LogP contribution in [-0.4, -0.2) is 68.8 Å². The molecule has 0 radical (unpaired) electrons. The number of carboxylic acids is 1. The fourth-order valence-electron chi connectivity index (χ4n) is 2.93. The van der Waals surface area contributed by atoms with E-state index in [4.69, 9.17) is 0 Å². The van der Waals surface area contributed by atoms with Crippen LogP contribution in [0.25, 0.3) is 0 Å². The number of carbonyl (C=O) groups is 3. The third-order valence-corrected chi connectivity index (χ3v) is 7.13. The van der Waals surface area contributed by atoms with Gasteiger partial charge >= 0.3 is 5.97 Å². The number of piperidine rings is 1. The molecule has 1 aliphatic heterocycles. The molecule has 2 amide bonds. The van der Waals surface area contributed by atoms with E-state index in [1.807, 2.05) is 0 Å². The van der Waals surface area contributed by atoms with Crippen molar-refractivity contribution in [3.05, 3.63) is 0 Å². The van der Waals surface area contributed by atoms with Crippen molar-refractivity contribution < 1.29 is 27.9 Å². The van der Waals surface area contributed by atoms with Crippen LogP contribution in [0, 0.1) is 5.92 Å². The van der Waals surface area contributed by atoms with Gasteiger partial charge in [0, 0.05) is 25.9 Å². The van der Waals surface area contributed by atoms with Crippen molar-refractivity contribution in [2.24, 2.45) is 5.92 Å². The molecule has 29 heavy (non-hydrogen) atoms. The number of rotatable bonds is 13. The van der Waals surface area contributed by atoms with Crippen LogP contribution >= 0.6 is 0 Å². The SMILES string of the molecule is CCC(C)S(=O)(=O)N[C@@H](CNC(=O)CCNC(=O)CCC1CCNCC1)C(=O)O. The van der Waals surface area contributed by atoms with Crippen molar-refractivity contribution in [3.8, 4) is 0 Å². The van der Waals surface area contributed by atoms with E-state index in [0.717, 1.165) is 32.4 Å². The molecule has 1 fully saturated rings. The van der Waals surface area contributed by atoms with Crippen LogP contribution < -0.4 is 20.7 Å². The van der Waals surface area contributed by atoms with Gasteiger partial charge < -0.3 is 21.1 Å². The van der Waals surface area contributed by atoms with E-state index in [9.17, 15) is 27.9 Å². The first kappa shape index (κ1) is 25.3. The van der Waals surface area contributed by atoms with Crippen molar-refractivity contribution in [1.29, 1.82) is 0 Å². The van der Waals surface area contributed by atoms with Crippen molar-refractivity contribution in [2.75, 3.05) is 26.2 Å². The molecule has 1 aliphatic rings. The van der Waals surface area contributed by atoms with Crippen LogP contribution in [0.15, 0.2) is 0 Å². The predicted octanol–water partition coefficient (Wildman–Crippen LogP) is -0.440. The summed E-state index contributed by atoms with van der Waals surface area (Å²) in [6.45, 7) is 4.91. The van der Waals surface area contributed by atoms with Gasteiger partial charge in [-0.05, 0) is 51.6 Å². The molecule has 0 aliphatic carbocycles. The zero-order valence-corrected chi connectivity index (χ0v) is 18.0. The molecule has 1 saturated heterocycles. The Kier molecular flexibility index (Phi) is 11.1. The first-order valence-corrected chi connectivity index (χ1v) is 11.7. The maximum absolute atomic E-state index is 12.0. The molecular formula is C18H34N4O6S. The molecule has 0 spiro atoms. The van der Waals surface area contributed by atoms with Crippen molar-refractivity contribution >= 4 is 27.8 Å². The minimum atomic E-state index is -3.79. The highest BCUT2D eigenvalue weighted by atomic mass is 32.2. The van der Waals surface area contributed by atoms with Gasteiger partial charge in [-0.1, -0.05) is 6.92 Å². The fourth-order valence-corrected chi connectivity index (χ4v) is 4.18. The number of aliphatic carboxylic acids is 1. The lowest BCUT2D eigenvalue weighted by molar-refractivity contribution is -0.138. The molecule has 0 bridgehead atoms. The number of hydrogen-bond donors (Lipinski definition) is 5. The monoisotopic (exact) mass is 434 g/mol. The number of nitrogens with one attached hydrogen (secondary N) is 4. The third-order valence-electron chi connectivity index (χ3n) is 5.13. The maximum Gasteiger partial charge on any atom is 0.323 e. The molecule has 0 aromatic carbocycles. The molecule has 1 unspecified atom stereocenters. The molecule has 0 aromatic heterocycles. The fraction of sp³-hybridized carbons (Fsp3) is 0.833. The second-order valence-corrected chi connectivity index (χ2v) is 9.54. The van der Waals surface area contributed by atoms with Crippen LogP contribution in [0.1, 0.15) is 52.4 Å². The highest BCUT2D eigenvalue weighted by Gasteiger charge is 2.27. The number of hydrogen-bond acceptors (Lipinski definition) is 6. The Morgan fingerprint density at radius 2 is 1.72 bits per heavy atom. The van der Waals surface area contributed by atoms with Gasteiger partial charge in [-0.3, -0.25) is 14.4 Å². The Morgan fingerprint density at radius 3 is 2.31 bits per heavy atom. The van der Waals surface area contributed by atoms with Gasteiger partial charge in [0.05, 0.1) is 5.25 Å². The molecule has 1 rings (SSSR count). The number of carboxylic acid groups (broad SMARTS) is 1. The van der Waals surface area contributed by atoms with E-state index < -0.39 is 33.2 Å². The summed E-state index contributed by atoms with van der Waals surface area (Å²) in [5.74, 6) is -1.39. The third kappa shape index (κ3) is 10.0. The van der Waals surface area contributed by atoms with Gasteiger partial charge in [0.25, 0.3) is 0 Å². The average Bonchev–Trinajstić information content (AvgIpc) is 2.69. The minimum absolute atomic E-state index is 0.0104. The molecule has 0 aromatic rings. The zero-order chi connectivity index (χ0) is 21.9. The van der Waals surface area contributed by atoms with E-state index in [1.165, 1.54) is 6.92 Å². The lowest BCUT2D eigenvalue weighted by Gasteiger charge is -2.22. The van der Waals surface area contributed by atoms with E-state index >= 15 is 0 Å². The normalized spacial score (nSPS) is 17.3. The molecule has 0 saturated carbocycles. The Bertz CT molecular complexity index is 649. The summed E-state index contributed by atoms with van der Waals surface area (Å²) in [6, 6.07) is -1.45. The molecule has 10 nitrogen and oxygen atoms in total. The summed E-state index contributed by atoms with van der Waals surface area (Å²) in [5, 5.41) is 16.8. The number of carbonyl (C=O) groups excluding carboxylic acids is 2. The Labute approximate surface area is 172 Å². The summed E-state index contributed by atoms with van der Waals surface area (Å²) >= 11 is 0. The lowest BCUT2D eigenvalue weighted by Crippen LogP contribution is -2.50. The second kappa shape index (κ2) is 12.8. The second-order valence-electron chi connectivity index (χ2n) is 7.41. The Hall–Kier alpha value is -1.72. The lowest BCUT2D eigenvalue weighted by atomic mass is 9.93. The number of sulfonamides is 1. The summed E-state index contributed by atoms with van der Waals surface area (Å²) in [7, 11) is -3.79. The van der Waals surface area contributed by atoms with Crippen LogP contribution in [0.4, 0.5) is 0 Å². The number of amides is 2. The smallest absolute Gasteiger partial charge is 0.323 e. The molecule has 11 heteroatoms.